The average molecular weight is 605 g/mol. The van der Waals surface area contributed by atoms with Crippen LogP contribution in [0.5, 0.6) is 28.7 Å². The van der Waals surface area contributed by atoms with Crippen LogP contribution in [0.4, 0.5) is 10.5 Å². The number of anilines is 1. The molecule has 0 unspecified atom stereocenters. The highest BCUT2D eigenvalue weighted by Crippen LogP contribution is 2.53. The minimum absolute atomic E-state index is 0.0748. The number of fused-ring (bicyclic) bond motifs is 2. The molecule has 3 aliphatic heterocycles. The summed E-state index contributed by atoms with van der Waals surface area (Å²) in [6.45, 7) is 0.813. The van der Waals surface area contributed by atoms with E-state index in [4.69, 9.17) is 42.9 Å². The number of amides is 1. The second kappa shape index (κ2) is 11.2. The van der Waals surface area contributed by atoms with Crippen LogP contribution in [-0.2, 0) is 14.2 Å². The molecule has 11 nitrogen and oxygen atoms in total. The van der Waals surface area contributed by atoms with Gasteiger partial charge in [0.25, 0.3) is 0 Å². The summed E-state index contributed by atoms with van der Waals surface area (Å²) in [6.07, 6.45) is -0.572. The average Bonchev–Trinajstić information content (AvgIpc) is 3.62. The van der Waals surface area contributed by atoms with Crippen molar-refractivity contribution in [3.63, 3.8) is 0 Å². The van der Waals surface area contributed by atoms with Crippen LogP contribution in [-0.4, -0.2) is 78.9 Å². The molecule has 0 bridgehead atoms. The van der Waals surface area contributed by atoms with E-state index in [1.165, 1.54) is 12.0 Å². The highest BCUT2D eigenvalue weighted by Gasteiger charge is 2.43. The third-order valence-corrected chi connectivity index (χ3v) is 7.28. The van der Waals surface area contributed by atoms with Crippen molar-refractivity contribution in [3.8, 4) is 28.7 Å². The fourth-order valence-electron chi connectivity index (χ4n) is 5.09. The summed E-state index contributed by atoms with van der Waals surface area (Å²) in [4.78, 5) is 19.6. The standard InChI is InChI=1S/C27H29BrN2O9/c1-32-11-15-12-37-26(29-15)24-18(10-28)30(27(31)36-5)17-9-20-19(38-13-39-20)8-16(17)23(24)14-6-21(33-2)25(35-4)22(7-14)34-3/h6-9,15,23H,10-13H2,1-5H3/t15-,23-/m1/s1. The lowest BCUT2D eigenvalue weighted by Crippen LogP contribution is -2.38. The number of aliphatic imine (C=N–C) groups is 1. The summed E-state index contributed by atoms with van der Waals surface area (Å²) >= 11 is 3.61. The molecule has 2 aromatic carbocycles. The summed E-state index contributed by atoms with van der Waals surface area (Å²) in [5, 5.41) is 0.295. The lowest BCUT2D eigenvalue weighted by Gasteiger charge is -2.37. The largest absolute Gasteiger partial charge is 0.493 e. The minimum Gasteiger partial charge on any atom is -0.493 e. The van der Waals surface area contributed by atoms with Crippen molar-refractivity contribution in [2.24, 2.45) is 4.99 Å². The van der Waals surface area contributed by atoms with Gasteiger partial charge in [-0.25, -0.2) is 14.7 Å². The Hall–Kier alpha value is -3.64. The van der Waals surface area contributed by atoms with E-state index >= 15 is 0 Å². The number of carbonyl (C=O) groups is 1. The number of carbonyl (C=O) groups excluding carboxylic acids is 1. The number of methoxy groups -OCH3 is 5. The zero-order valence-corrected chi connectivity index (χ0v) is 23.8. The van der Waals surface area contributed by atoms with E-state index in [0.717, 1.165) is 11.1 Å². The number of alkyl halides is 1. The Bertz CT molecular complexity index is 1320. The third kappa shape index (κ3) is 4.61. The van der Waals surface area contributed by atoms with Crippen molar-refractivity contribution in [3.05, 3.63) is 46.7 Å². The van der Waals surface area contributed by atoms with Crippen molar-refractivity contribution in [1.82, 2.24) is 0 Å². The highest BCUT2D eigenvalue weighted by molar-refractivity contribution is 9.09. The fourth-order valence-corrected chi connectivity index (χ4v) is 5.65. The van der Waals surface area contributed by atoms with Gasteiger partial charge in [-0.15, -0.1) is 0 Å². The Labute approximate surface area is 234 Å². The number of allylic oxidation sites excluding steroid dienone is 1. The summed E-state index contributed by atoms with van der Waals surface area (Å²) < 4.78 is 45.0. The number of hydrogen-bond acceptors (Lipinski definition) is 10. The molecule has 0 radical (unpaired) electrons. The number of halogens is 1. The first-order valence-electron chi connectivity index (χ1n) is 12.1. The van der Waals surface area contributed by atoms with Crippen molar-refractivity contribution in [2.45, 2.75) is 12.0 Å². The van der Waals surface area contributed by atoms with Gasteiger partial charge in [0, 0.05) is 35.7 Å². The molecule has 39 heavy (non-hydrogen) atoms. The molecule has 12 heteroatoms. The van der Waals surface area contributed by atoms with Gasteiger partial charge in [0.1, 0.15) is 12.6 Å². The summed E-state index contributed by atoms with van der Waals surface area (Å²) in [6, 6.07) is 7.21. The maximum Gasteiger partial charge on any atom is 0.418 e. The topological polar surface area (TPSA) is 107 Å². The van der Waals surface area contributed by atoms with Crippen LogP contribution < -0.4 is 28.6 Å². The summed E-state index contributed by atoms with van der Waals surface area (Å²) in [5.41, 5.74) is 3.40. The Balaban J connectivity index is 1.83. The zero-order valence-electron chi connectivity index (χ0n) is 22.2. The van der Waals surface area contributed by atoms with E-state index in [2.05, 4.69) is 15.9 Å². The van der Waals surface area contributed by atoms with Gasteiger partial charge in [-0.1, -0.05) is 15.9 Å². The van der Waals surface area contributed by atoms with Crippen molar-refractivity contribution < 1.29 is 42.7 Å². The minimum atomic E-state index is -0.572. The molecular formula is C27H29BrN2O9. The molecule has 2 aromatic rings. The number of hydrogen-bond donors (Lipinski definition) is 0. The van der Waals surface area contributed by atoms with Crippen LogP contribution in [0.25, 0.3) is 0 Å². The molecule has 0 N–H and O–H groups in total. The number of benzene rings is 2. The second-order valence-corrected chi connectivity index (χ2v) is 9.37. The number of rotatable bonds is 8. The first-order chi connectivity index (χ1) is 19.0. The van der Waals surface area contributed by atoms with Gasteiger partial charge in [-0.3, -0.25) is 0 Å². The van der Waals surface area contributed by atoms with E-state index in [9.17, 15) is 4.79 Å². The van der Waals surface area contributed by atoms with Crippen LogP contribution >= 0.6 is 15.9 Å². The lowest BCUT2D eigenvalue weighted by atomic mass is 9.79. The summed E-state index contributed by atoms with van der Waals surface area (Å²) in [5.74, 6) is 2.44. The van der Waals surface area contributed by atoms with Crippen molar-refractivity contribution in [2.75, 3.05) is 65.8 Å². The maximum atomic E-state index is 13.3. The molecule has 2 atom stereocenters. The van der Waals surface area contributed by atoms with Crippen LogP contribution in [0, 0.1) is 0 Å². The smallest absolute Gasteiger partial charge is 0.418 e. The second-order valence-electron chi connectivity index (χ2n) is 8.81. The van der Waals surface area contributed by atoms with Gasteiger partial charge in [0.2, 0.25) is 18.4 Å². The lowest BCUT2D eigenvalue weighted by molar-refractivity contribution is 0.164. The Morgan fingerprint density at radius 3 is 2.28 bits per heavy atom. The van der Waals surface area contributed by atoms with Gasteiger partial charge in [0.15, 0.2) is 23.0 Å². The molecule has 0 saturated heterocycles. The Kier molecular flexibility index (Phi) is 7.76. The van der Waals surface area contributed by atoms with E-state index in [-0.39, 0.29) is 12.8 Å². The molecule has 3 heterocycles. The van der Waals surface area contributed by atoms with Crippen molar-refractivity contribution >= 4 is 33.6 Å². The SMILES string of the molecule is COC[C@@H]1COC(C2=C(CBr)N(C(=O)OC)c3cc4c(cc3[C@H]2c2cc(OC)c(OC)c(OC)c2)OCO4)=N1. The predicted molar refractivity (Wildman–Crippen MR) is 145 cm³/mol. The third-order valence-electron chi connectivity index (χ3n) is 6.75. The molecule has 5 rings (SSSR count). The molecule has 208 valence electrons. The van der Waals surface area contributed by atoms with E-state index in [1.807, 2.05) is 18.2 Å². The fraction of sp³-hybridized carbons (Fsp3) is 0.407. The van der Waals surface area contributed by atoms with Crippen molar-refractivity contribution in [1.29, 1.82) is 0 Å². The quantitative estimate of drug-likeness (QED) is 0.409. The molecule has 0 saturated carbocycles. The first kappa shape index (κ1) is 26.9. The summed E-state index contributed by atoms with van der Waals surface area (Å²) in [7, 11) is 7.63. The molecule has 3 aliphatic rings. The maximum absolute atomic E-state index is 13.3. The monoisotopic (exact) mass is 604 g/mol. The van der Waals surface area contributed by atoms with Crippen LogP contribution in [0.2, 0.25) is 0 Å². The van der Waals surface area contributed by atoms with E-state index in [0.29, 0.717) is 70.1 Å². The van der Waals surface area contributed by atoms with Gasteiger partial charge in [0.05, 0.1) is 40.7 Å². The van der Waals surface area contributed by atoms with Crippen LogP contribution in [0.1, 0.15) is 17.0 Å². The van der Waals surface area contributed by atoms with Gasteiger partial charge in [-0.2, -0.15) is 0 Å². The molecule has 0 spiro atoms. The van der Waals surface area contributed by atoms with Gasteiger partial charge >= 0.3 is 6.09 Å². The Morgan fingerprint density at radius 2 is 1.69 bits per heavy atom. The van der Waals surface area contributed by atoms with E-state index < -0.39 is 12.0 Å². The molecule has 0 aromatic heterocycles. The van der Waals surface area contributed by atoms with E-state index in [1.54, 1.807) is 34.5 Å². The molecule has 0 aliphatic carbocycles. The van der Waals surface area contributed by atoms with Gasteiger partial charge in [-0.05, 0) is 29.3 Å². The normalized spacial score (nSPS) is 19.3. The first-order valence-corrected chi connectivity index (χ1v) is 13.2. The zero-order chi connectivity index (χ0) is 27.7. The Morgan fingerprint density at radius 1 is 1.00 bits per heavy atom. The molecular weight excluding hydrogens is 576 g/mol. The highest BCUT2D eigenvalue weighted by atomic mass is 79.9. The van der Waals surface area contributed by atoms with Crippen LogP contribution in [0.15, 0.2) is 40.5 Å². The number of ether oxygens (including phenoxy) is 8. The predicted octanol–water partition coefficient (Wildman–Crippen LogP) is 4.25. The molecule has 0 fully saturated rings. The molecule has 1 amide bonds. The number of nitrogens with zero attached hydrogens (tertiary/aromatic N) is 2. The van der Waals surface area contributed by atoms with Gasteiger partial charge < -0.3 is 37.9 Å². The van der Waals surface area contributed by atoms with Crippen LogP contribution in [0.3, 0.4) is 0 Å².